The maximum Gasteiger partial charge on any atom is 0.0719 e. The molecule has 1 heterocycles. The van der Waals surface area contributed by atoms with Gasteiger partial charge >= 0.3 is 0 Å². The van der Waals surface area contributed by atoms with Gasteiger partial charge in [-0.2, -0.15) is 0 Å². The minimum absolute atomic E-state index is 0.760. The lowest BCUT2D eigenvalue weighted by Crippen LogP contribution is -2.09. The third-order valence-electron chi connectivity index (χ3n) is 3.09. The highest BCUT2D eigenvalue weighted by Gasteiger charge is 2.09. The van der Waals surface area contributed by atoms with Crippen molar-refractivity contribution in [1.82, 2.24) is 0 Å². The van der Waals surface area contributed by atoms with Gasteiger partial charge in [-0.25, -0.2) is 0 Å². The fourth-order valence-corrected chi connectivity index (χ4v) is 2.18. The largest absolute Gasteiger partial charge is 0.376 e. The van der Waals surface area contributed by atoms with Gasteiger partial charge in [-0.15, -0.1) is 0 Å². The van der Waals surface area contributed by atoms with Gasteiger partial charge in [-0.1, -0.05) is 42.5 Å². The van der Waals surface area contributed by atoms with Crippen molar-refractivity contribution in [3.63, 3.8) is 0 Å². The van der Waals surface area contributed by atoms with E-state index < -0.39 is 0 Å². The number of benzene rings is 2. The van der Waals surface area contributed by atoms with Gasteiger partial charge in [0.15, 0.2) is 0 Å². The lowest BCUT2D eigenvalue weighted by atomic mass is 9.97. The van der Waals surface area contributed by atoms with Gasteiger partial charge in [0.25, 0.3) is 0 Å². The molecule has 3 rings (SSSR count). The van der Waals surface area contributed by atoms with Crippen LogP contribution in [0.2, 0.25) is 0 Å². The van der Waals surface area contributed by atoms with Crippen LogP contribution in [0, 0.1) is 0 Å². The molecule has 2 aromatic carbocycles. The number of fused-ring (bicyclic) bond motifs is 1. The molecule has 0 radical (unpaired) electrons. The SMILES string of the molecule is c1ccc(-c2ccc3c(c2)COCC3)cc1. The summed E-state index contributed by atoms with van der Waals surface area (Å²) in [7, 11) is 0. The Hall–Kier alpha value is -1.60. The van der Waals surface area contributed by atoms with Gasteiger partial charge in [0, 0.05) is 0 Å². The molecule has 80 valence electrons. The highest BCUT2D eigenvalue weighted by atomic mass is 16.5. The lowest BCUT2D eigenvalue weighted by molar-refractivity contribution is 0.111. The molecule has 1 nitrogen and oxygen atoms in total. The zero-order valence-corrected chi connectivity index (χ0v) is 9.15. The second-order valence-corrected chi connectivity index (χ2v) is 4.15. The second-order valence-electron chi connectivity index (χ2n) is 4.15. The highest BCUT2D eigenvalue weighted by Crippen LogP contribution is 2.25. The van der Waals surface area contributed by atoms with E-state index in [9.17, 15) is 0 Å². The topological polar surface area (TPSA) is 9.23 Å². The normalized spacial score (nSPS) is 14.5. The molecule has 0 N–H and O–H groups in total. The molecule has 0 aliphatic carbocycles. The van der Waals surface area contributed by atoms with Crippen LogP contribution in [-0.2, 0) is 17.8 Å². The van der Waals surface area contributed by atoms with Crippen LogP contribution in [0.15, 0.2) is 48.5 Å². The molecular formula is C15H14O. The average Bonchev–Trinajstić information content (AvgIpc) is 2.39. The van der Waals surface area contributed by atoms with Crippen molar-refractivity contribution in [2.24, 2.45) is 0 Å². The van der Waals surface area contributed by atoms with Crippen LogP contribution in [0.3, 0.4) is 0 Å². The summed E-state index contributed by atoms with van der Waals surface area (Å²) in [6, 6.07) is 17.2. The number of hydrogen-bond donors (Lipinski definition) is 0. The highest BCUT2D eigenvalue weighted by molar-refractivity contribution is 5.64. The zero-order chi connectivity index (χ0) is 10.8. The van der Waals surface area contributed by atoms with E-state index in [1.54, 1.807) is 0 Å². The first-order valence-electron chi connectivity index (χ1n) is 5.68. The quantitative estimate of drug-likeness (QED) is 0.700. The molecule has 0 spiro atoms. The molecule has 16 heavy (non-hydrogen) atoms. The fraction of sp³-hybridized carbons (Fsp3) is 0.200. The van der Waals surface area contributed by atoms with E-state index in [1.807, 2.05) is 6.07 Å². The van der Waals surface area contributed by atoms with E-state index in [1.165, 1.54) is 22.3 Å². The molecule has 0 saturated carbocycles. The molecule has 0 bridgehead atoms. The Labute approximate surface area is 95.7 Å². The Bertz CT molecular complexity index is 488. The third kappa shape index (κ3) is 1.74. The Morgan fingerprint density at radius 2 is 1.69 bits per heavy atom. The maximum atomic E-state index is 5.49. The van der Waals surface area contributed by atoms with Crippen molar-refractivity contribution < 1.29 is 4.74 Å². The molecular weight excluding hydrogens is 196 g/mol. The van der Waals surface area contributed by atoms with Gasteiger partial charge in [0.1, 0.15) is 0 Å². The Morgan fingerprint density at radius 3 is 2.56 bits per heavy atom. The molecule has 1 aliphatic heterocycles. The van der Waals surface area contributed by atoms with Gasteiger partial charge in [0.05, 0.1) is 13.2 Å². The number of hydrogen-bond acceptors (Lipinski definition) is 1. The molecule has 0 atom stereocenters. The predicted octanol–water partition coefficient (Wildman–Crippen LogP) is 3.43. The van der Waals surface area contributed by atoms with Crippen LogP contribution in [0.25, 0.3) is 11.1 Å². The van der Waals surface area contributed by atoms with E-state index in [0.717, 1.165) is 19.6 Å². The summed E-state index contributed by atoms with van der Waals surface area (Å²) in [5, 5.41) is 0. The number of ether oxygens (including phenoxy) is 1. The molecule has 2 aromatic rings. The summed E-state index contributed by atoms with van der Waals surface area (Å²) in [4.78, 5) is 0. The molecule has 0 amide bonds. The van der Waals surface area contributed by atoms with Crippen LogP contribution in [0.5, 0.6) is 0 Å². The second kappa shape index (κ2) is 4.11. The summed E-state index contributed by atoms with van der Waals surface area (Å²) < 4.78 is 5.49. The standard InChI is InChI=1S/C15H14O/c1-2-4-12(5-3-1)14-7-6-13-8-9-16-11-15(13)10-14/h1-7,10H,8-9,11H2. The van der Waals surface area contributed by atoms with Gasteiger partial charge in [0.2, 0.25) is 0 Å². The number of rotatable bonds is 1. The molecule has 0 aromatic heterocycles. The Balaban J connectivity index is 2.03. The zero-order valence-electron chi connectivity index (χ0n) is 9.15. The Kier molecular flexibility index (Phi) is 2.47. The van der Waals surface area contributed by atoms with Crippen molar-refractivity contribution >= 4 is 0 Å². The van der Waals surface area contributed by atoms with Crippen molar-refractivity contribution in [2.75, 3.05) is 6.61 Å². The van der Waals surface area contributed by atoms with Crippen LogP contribution in [-0.4, -0.2) is 6.61 Å². The molecule has 1 heteroatoms. The predicted molar refractivity (Wildman–Crippen MR) is 65.2 cm³/mol. The summed E-state index contributed by atoms with van der Waals surface area (Å²) in [6.07, 6.45) is 1.05. The van der Waals surface area contributed by atoms with Crippen molar-refractivity contribution in [3.8, 4) is 11.1 Å². The molecule has 0 unspecified atom stereocenters. The Morgan fingerprint density at radius 1 is 0.812 bits per heavy atom. The van der Waals surface area contributed by atoms with Gasteiger partial charge in [-0.05, 0) is 34.7 Å². The first-order valence-corrected chi connectivity index (χ1v) is 5.68. The summed E-state index contributed by atoms with van der Waals surface area (Å²) in [5.74, 6) is 0. The van der Waals surface area contributed by atoms with Crippen molar-refractivity contribution in [3.05, 3.63) is 59.7 Å². The molecule has 0 saturated heterocycles. The molecule has 1 aliphatic rings. The van der Waals surface area contributed by atoms with Crippen LogP contribution < -0.4 is 0 Å². The van der Waals surface area contributed by atoms with E-state index in [2.05, 4.69) is 42.5 Å². The third-order valence-corrected chi connectivity index (χ3v) is 3.09. The first kappa shape index (κ1) is 9.61. The minimum atomic E-state index is 0.760. The van der Waals surface area contributed by atoms with Gasteiger partial charge in [-0.3, -0.25) is 0 Å². The first-order chi connectivity index (χ1) is 7.93. The van der Waals surface area contributed by atoms with Crippen LogP contribution in [0.4, 0.5) is 0 Å². The summed E-state index contributed by atoms with van der Waals surface area (Å²) >= 11 is 0. The van der Waals surface area contributed by atoms with E-state index in [4.69, 9.17) is 4.74 Å². The maximum absolute atomic E-state index is 5.49. The van der Waals surface area contributed by atoms with E-state index >= 15 is 0 Å². The molecule has 0 fully saturated rings. The van der Waals surface area contributed by atoms with Crippen LogP contribution >= 0.6 is 0 Å². The average molecular weight is 210 g/mol. The van der Waals surface area contributed by atoms with Crippen LogP contribution in [0.1, 0.15) is 11.1 Å². The van der Waals surface area contributed by atoms with Gasteiger partial charge < -0.3 is 4.74 Å². The van der Waals surface area contributed by atoms with E-state index in [0.29, 0.717) is 0 Å². The summed E-state index contributed by atoms with van der Waals surface area (Å²) in [5.41, 5.74) is 5.33. The minimum Gasteiger partial charge on any atom is -0.376 e. The summed E-state index contributed by atoms with van der Waals surface area (Å²) in [6.45, 7) is 1.62. The smallest absolute Gasteiger partial charge is 0.0719 e. The monoisotopic (exact) mass is 210 g/mol. The lowest BCUT2D eigenvalue weighted by Gasteiger charge is -2.17. The van der Waals surface area contributed by atoms with E-state index in [-0.39, 0.29) is 0 Å². The van der Waals surface area contributed by atoms with Crippen molar-refractivity contribution in [1.29, 1.82) is 0 Å². The van der Waals surface area contributed by atoms with Crippen molar-refractivity contribution in [2.45, 2.75) is 13.0 Å². The fourth-order valence-electron chi connectivity index (χ4n) is 2.18.